The van der Waals surface area contributed by atoms with Gasteiger partial charge in [0, 0.05) is 45.4 Å². The Labute approximate surface area is 194 Å². The Kier molecular flexibility index (Phi) is 8.41. The number of aliphatic imine (C=N–C) groups is 1. The Morgan fingerprint density at radius 3 is 2.42 bits per heavy atom. The average Bonchev–Trinajstić information content (AvgIpc) is 2.83. The SMILES string of the molecule is CN=C(NCCc1cccc(C(=O)N(C)C)c1)NCc1ccccc1Oc1ccccc1F. The first-order valence-corrected chi connectivity index (χ1v) is 10.7. The normalized spacial score (nSPS) is 11.1. The molecule has 0 saturated carbocycles. The molecule has 0 aliphatic carbocycles. The highest BCUT2D eigenvalue weighted by molar-refractivity contribution is 5.94. The van der Waals surface area contributed by atoms with Gasteiger partial charge in [-0.3, -0.25) is 9.79 Å². The number of carbonyl (C=O) groups is 1. The van der Waals surface area contributed by atoms with Crippen LogP contribution in [0.3, 0.4) is 0 Å². The van der Waals surface area contributed by atoms with Gasteiger partial charge in [0.05, 0.1) is 0 Å². The topological polar surface area (TPSA) is 66.0 Å². The number of para-hydroxylation sites is 2. The minimum Gasteiger partial charge on any atom is -0.454 e. The van der Waals surface area contributed by atoms with Gasteiger partial charge in [-0.05, 0) is 42.3 Å². The summed E-state index contributed by atoms with van der Waals surface area (Å²) in [7, 11) is 5.19. The summed E-state index contributed by atoms with van der Waals surface area (Å²) in [5.41, 5.74) is 2.61. The maximum atomic E-state index is 14.0. The van der Waals surface area contributed by atoms with E-state index in [0.29, 0.717) is 30.4 Å². The van der Waals surface area contributed by atoms with Crippen LogP contribution in [-0.2, 0) is 13.0 Å². The molecule has 33 heavy (non-hydrogen) atoms. The molecule has 0 fully saturated rings. The van der Waals surface area contributed by atoms with Crippen LogP contribution in [0, 0.1) is 5.82 Å². The highest BCUT2D eigenvalue weighted by Gasteiger charge is 2.10. The molecule has 2 N–H and O–H groups in total. The highest BCUT2D eigenvalue weighted by Crippen LogP contribution is 2.27. The summed E-state index contributed by atoms with van der Waals surface area (Å²) in [6.07, 6.45) is 0.738. The predicted octanol–water partition coefficient (Wildman–Crippen LogP) is 4.23. The summed E-state index contributed by atoms with van der Waals surface area (Å²) in [5, 5.41) is 6.54. The van der Waals surface area contributed by atoms with Gasteiger partial charge in [0.2, 0.25) is 0 Å². The zero-order chi connectivity index (χ0) is 23.6. The monoisotopic (exact) mass is 448 g/mol. The smallest absolute Gasteiger partial charge is 0.253 e. The lowest BCUT2D eigenvalue weighted by Crippen LogP contribution is -2.37. The van der Waals surface area contributed by atoms with Crippen molar-refractivity contribution in [2.45, 2.75) is 13.0 Å². The Morgan fingerprint density at radius 1 is 0.970 bits per heavy atom. The van der Waals surface area contributed by atoms with Crippen LogP contribution in [0.4, 0.5) is 4.39 Å². The van der Waals surface area contributed by atoms with Crippen molar-refractivity contribution in [2.24, 2.45) is 4.99 Å². The van der Waals surface area contributed by atoms with Crippen LogP contribution >= 0.6 is 0 Å². The molecular weight excluding hydrogens is 419 g/mol. The van der Waals surface area contributed by atoms with E-state index in [4.69, 9.17) is 4.74 Å². The molecular formula is C26H29FN4O2. The van der Waals surface area contributed by atoms with Gasteiger partial charge in [-0.1, -0.05) is 42.5 Å². The number of nitrogens with one attached hydrogen (secondary N) is 2. The standard InChI is InChI=1S/C26H29FN4O2/c1-28-26(29-16-15-19-9-8-11-20(17-19)25(32)31(2)3)30-18-21-10-4-6-13-23(21)33-24-14-7-5-12-22(24)27/h4-14,17H,15-16,18H2,1-3H3,(H2,28,29,30). The van der Waals surface area contributed by atoms with Gasteiger partial charge in [0.15, 0.2) is 17.5 Å². The second-order valence-corrected chi connectivity index (χ2v) is 7.64. The maximum absolute atomic E-state index is 14.0. The van der Waals surface area contributed by atoms with E-state index in [9.17, 15) is 9.18 Å². The van der Waals surface area contributed by atoms with Crippen molar-refractivity contribution in [3.05, 3.63) is 95.3 Å². The molecule has 0 saturated heterocycles. The van der Waals surface area contributed by atoms with Gasteiger partial charge in [0.1, 0.15) is 5.75 Å². The zero-order valence-electron chi connectivity index (χ0n) is 19.1. The van der Waals surface area contributed by atoms with Crippen LogP contribution in [0.15, 0.2) is 77.8 Å². The molecule has 3 aromatic carbocycles. The largest absolute Gasteiger partial charge is 0.454 e. The van der Waals surface area contributed by atoms with Crippen molar-refractivity contribution in [2.75, 3.05) is 27.7 Å². The minimum atomic E-state index is -0.408. The highest BCUT2D eigenvalue weighted by atomic mass is 19.1. The molecule has 1 amide bonds. The molecule has 3 rings (SSSR count). The molecule has 0 bridgehead atoms. The summed E-state index contributed by atoms with van der Waals surface area (Å²) in [4.78, 5) is 18.0. The van der Waals surface area contributed by atoms with Crippen molar-refractivity contribution in [1.82, 2.24) is 15.5 Å². The van der Waals surface area contributed by atoms with Crippen LogP contribution in [0.25, 0.3) is 0 Å². The number of hydrogen-bond donors (Lipinski definition) is 2. The first-order chi connectivity index (χ1) is 16.0. The molecule has 0 aliphatic rings. The number of guanidine groups is 1. The fourth-order valence-corrected chi connectivity index (χ4v) is 3.24. The predicted molar refractivity (Wildman–Crippen MR) is 129 cm³/mol. The average molecular weight is 449 g/mol. The molecule has 0 radical (unpaired) electrons. The van der Waals surface area contributed by atoms with Crippen LogP contribution in [0.1, 0.15) is 21.5 Å². The third-order valence-corrected chi connectivity index (χ3v) is 4.99. The van der Waals surface area contributed by atoms with E-state index in [-0.39, 0.29) is 11.7 Å². The van der Waals surface area contributed by atoms with Gasteiger partial charge >= 0.3 is 0 Å². The van der Waals surface area contributed by atoms with E-state index in [1.165, 1.54) is 6.07 Å². The van der Waals surface area contributed by atoms with Crippen molar-refractivity contribution in [3.63, 3.8) is 0 Å². The molecule has 0 aliphatic heterocycles. The molecule has 0 aromatic heterocycles. The van der Waals surface area contributed by atoms with E-state index in [0.717, 1.165) is 17.5 Å². The van der Waals surface area contributed by atoms with Crippen LogP contribution in [-0.4, -0.2) is 44.5 Å². The van der Waals surface area contributed by atoms with Crippen molar-refractivity contribution in [1.29, 1.82) is 0 Å². The lowest BCUT2D eigenvalue weighted by atomic mass is 10.1. The summed E-state index contributed by atoms with van der Waals surface area (Å²) in [6, 6.07) is 21.4. The molecule has 3 aromatic rings. The summed E-state index contributed by atoms with van der Waals surface area (Å²) in [6.45, 7) is 1.10. The van der Waals surface area contributed by atoms with Gasteiger partial charge in [-0.25, -0.2) is 4.39 Å². The summed E-state index contributed by atoms with van der Waals surface area (Å²) in [5.74, 6) is 0.972. The lowest BCUT2D eigenvalue weighted by molar-refractivity contribution is 0.0827. The van der Waals surface area contributed by atoms with Crippen molar-refractivity contribution >= 4 is 11.9 Å². The lowest BCUT2D eigenvalue weighted by Gasteiger charge is -2.15. The van der Waals surface area contributed by atoms with Gasteiger partial charge in [-0.2, -0.15) is 0 Å². The molecule has 0 heterocycles. The molecule has 172 valence electrons. The Morgan fingerprint density at radius 2 is 1.70 bits per heavy atom. The Hall–Kier alpha value is -3.87. The minimum absolute atomic E-state index is 0.0152. The quantitative estimate of drug-likeness (QED) is 0.400. The number of ether oxygens (including phenoxy) is 1. The van der Waals surface area contributed by atoms with E-state index in [1.54, 1.807) is 44.2 Å². The first-order valence-electron chi connectivity index (χ1n) is 10.7. The van der Waals surface area contributed by atoms with Gasteiger partial charge in [-0.15, -0.1) is 0 Å². The fourth-order valence-electron chi connectivity index (χ4n) is 3.24. The second-order valence-electron chi connectivity index (χ2n) is 7.64. The third kappa shape index (κ3) is 6.80. The molecule has 0 spiro atoms. The fraction of sp³-hybridized carbons (Fsp3) is 0.231. The first kappa shape index (κ1) is 23.8. The number of amides is 1. The van der Waals surface area contributed by atoms with E-state index >= 15 is 0 Å². The number of halogens is 1. The van der Waals surface area contributed by atoms with Crippen LogP contribution in [0.2, 0.25) is 0 Å². The number of hydrogen-bond acceptors (Lipinski definition) is 3. The van der Waals surface area contributed by atoms with E-state index < -0.39 is 5.82 Å². The Bertz CT molecular complexity index is 1110. The van der Waals surface area contributed by atoms with Crippen molar-refractivity contribution in [3.8, 4) is 11.5 Å². The maximum Gasteiger partial charge on any atom is 0.253 e. The van der Waals surface area contributed by atoms with Gasteiger partial charge < -0.3 is 20.3 Å². The number of benzene rings is 3. The van der Waals surface area contributed by atoms with Crippen molar-refractivity contribution < 1.29 is 13.9 Å². The molecule has 7 heteroatoms. The third-order valence-electron chi connectivity index (χ3n) is 4.99. The van der Waals surface area contributed by atoms with E-state index in [1.807, 2.05) is 48.5 Å². The summed E-state index contributed by atoms with van der Waals surface area (Å²) >= 11 is 0. The zero-order valence-corrected chi connectivity index (χ0v) is 19.1. The Balaban J connectivity index is 1.55. The van der Waals surface area contributed by atoms with Crippen LogP contribution in [0.5, 0.6) is 11.5 Å². The van der Waals surface area contributed by atoms with E-state index in [2.05, 4.69) is 15.6 Å². The molecule has 0 atom stereocenters. The second kappa shape index (κ2) is 11.7. The molecule has 6 nitrogen and oxygen atoms in total. The number of carbonyl (C=O) groups excluding carboxylic acids is 1. The van der Waals surface area contributed by atoms with Gasteiger partial charge in [0.25, 0.3) is 5.91 Å². The number of nitrogens with zero attached hydrogens (tertiary/aromatic N) is 2. The number of rotatable bonds is 8. The van der Waals surface area contributed by atoms with Crippen LogP contribution < -0.4 is 15.4 Å². The summed E-state index contributed by atoms with van der Waals surface area (Å²) < 4.78 is 19.8. The molecule has 0 unspecified atom stereocenters.